The average molecular weight is 358 g/mol. The maximum atomic E-state index is 12.6. The molecule has 0 spiro atoms. The second kappa shape index (κ2) is 6.02. The summed E-state index contributed by atoms with van der Waals surface area (Å²) >= 11 is 5.91. The lowest BCUT2D eigenvalue weighted by Gasteiger charge is -2.21. The number of fused-ring (bicyclic) bond motifs is 1. The maximum Gasteiger partial charge on any atom is 0.416 e. The van der Waals surface area contributed by atoms with Crippen LogP contribution in [0.15, 0.2) is 47.5 Å². The summed E-state index contributed by atoms with van der Waals surface area (Å²) in [5, 5.41) is 0.395. The first-order valence-corrected chi connectivity index (χ1v) is 8.63. The van der Waals surface area contributed by atoms with Crippen LogP contribution < -0.4 is 0 Å². The third kappa shape index (κ3) is 3.43. The summed E-state index contributed by atoms with van der Waals surface area (Å²) in [6, 6.07) is 9.78. The normalized spacial score (nSPS) is 18.8. The van der Waals surface area contributed by atoms with Gasteiger partial charge in [-0.3, -0.25) is 9.79 Å². The van der Waals surface area contributed by atoms with E-state index in [4.69, 9.17) is 11.6 Å². The van der Waals surface area contributed by atoms with E-state index in [0.29, 0.717) is 27.6 Å². The monoisotopic (exact) mass is 357 g/mol. The van der Waals surface area contributed by atoms with Gasteiger partial charge in [0.2, 0.25) is 5.12 Å². The molecule has 2 aromatic carbocycles. The van der Waals surface area contributed by atoms with Crippen molar-refractivity contribution in [2.75, 3.05) is 0 Å². The maximum absolute atomic E-state index is 12.6. The standard InChI is InChI=1S/C16H11ClF3NOS/c17-12-5-6-14-13(7-12)15(22)23(9-21-14)8-10-1-3-11(4-2-10)16(18,19)20/h1-7,9,23H,8H2. The molecule has 1 heterocycles. The molecule has 0 N–H and O–H groups in total. The number of benzene rings is 2. The molecule has 1 atom stereocenters. The first-order chi connectivity index (χ1) is 10.8. The molecule has 0 radical (unpaired) electrons. The van der Waals surface area contributed by atoms with E-state index in [2.05, 4.69) is 4.99 Å². The lowest BCUT2D eigenvalue weighted by Crippen LogP contribution is -2.08. The van der Waals surface area contributed by atoms with Crippen molar-refractivity contribution in [1.29, 1.82) is 0 Å². The van der Waals surface area contributed by atoms with E-state index in [1.165, 1.54) is 12.1 Å². The number of alkyl halides is 3. The van der Waals surface area contributed by atoms with Crippen molar-refractivity contribution in [2.24, 2.45) is 4.99 Å². The summed E-state index contributed by atoms with van der Waals surface area (Å²) in [5.74, 6) is 0.363. The molecule has 0 saturated heterocycles. The highest BCUT2D eigenvalue weighted by atomic mass is 35.5. The zero-order chi connectivity index (χ0) is 16.6. The summed E-state index contributed by atoms with van der Waals surface area (Å²) in [6.07, 6.45) is -4.36. The lowest BCUT2D eigenvalue weighted by molar-refractivity contribution is -0.137. The number of carbonyl (C=O) groups is 1. The van der Waals surface area contributed by atoms with Crippen LogP contribution in [-0.2, 0) is 11.9 Å². The predicted octanol–water partition coefficient (Wildman–Crippen LogP) is 5.37. The molecular weight excluding hydrogens is 347 g/mol. The minimum absolute atomic E-state index is 0.0626. The van der Waals surface area contributed by atoms with Crippen molar-refractivity contribution in [2.45, 2.75) is 11.9 Å². The van der Waals surface area contributed by atoms with Gasteiger partial charge in [0, 0.05) is 16.3 Å². The number of nitrogens with zero attached hydrogens (tertiary/aromatic N) is 1. The molecule has 3 rings (SSSR count). The first-order valence-electron chi connectivity index (χ1n) is 6.65. The van der Waals surface area contributed by atoms with E-state index in [1.807, 2.05) is 0 Å². The van der Waals surface area contributed by atoms with Crippen LogP contribution in [0.5, 0.6) is 0 Å². The average Bonchev–Trinajstić information content (AvgIpc) is 2.50. The van der Waals surface area contributed by atoms with Gasteiger partial charge in [0.25, 0.3) is 0 Å². The molecule has 7 heteroatoms. The number of thiol groups is 1. The molecule has 0 saturated carbocycles. The fraction of sp³-hybridized carbons (Fsp3) is 0.125. The van der Waals surface area contributed by atoms with Crippen LogP contribution in [0.4, 0.5) is 18.9 Å². The van der Waals surface area contributed by atoms with E-state index in [1.54, 1.807) is 23.7 Å². The molecule has 1 aliphatic rings. The highest BCUT2D eigenvalue weighted by molar-refractivity contribution is 8.39. The summed E-state index contributed by atoms with van der Waals surface area (Å²) in [4.78, 5) is 16.8. The Morgan fingerprint density at radius 3 is 2.43 bits per heavy atom. The SMILES string of the molecule is O=C1c2cc(Cl)ccc2N=C[SH]1Cc1ccc(C(F)(F)F)cc1. The van der Waals surface area contributed by atoms with Crippen LogP contribution >= 0.6 is 22.5 Å². The Kier molecular flexibility index (Phi) is 4.21. The van der Waals surface area contributed by atoms with Crippen LogP contribution in [-0.4, -0.2) is 10.7 Å². The number of halogens is 4. The van der Waals surface area contributed by atoms with Gasteiger partial charge in [-0.1, -0.05) is 23.7 Å². The molecule has 1 aliphatic heterocycles. The molecule has 0 bridgehead atoms. The van der Waals surface area contributed by atoms with Crippen LogP contribution in [0.3, 0.4) is 0 Å². The van der Waals surface area contributed by atoms with E-state index in [9.17, 15) is 18.0 Å². The Balaban J connectivity index is 1.81. The van der Waals surface area contributed by atoms with Gasteiger partial charge < -0.3 is 0 Å². The summed E-state index contributed by atoms with van der Waals surface area (Å²) in [7, 11) is -1.22. The number of carbonyl (C=O) groups excluding carboxylic acids is 1. The number of aliphatic imine (C=N–C) groups is 1. The molecular formula is C16H11ClF3NOS. The molecule has 2 nitrogen and oxygen atoms in total. The minimum Gasteiger partial charge on any atom is -0.283 e. The van der Waals surface area contributed by atoms with Gasteiger partial charge in [-0.15, -0.1) is 10.9 Å². The Bertz CT molecular complexity index is 787. The van der Waals surface area contributed by atoms with Crippen LogP contribution in [0, 0.1) is 0 Å². The van der Waals surface area contributed by atoms with Crippen LogP contribution in [0.2, 0.25) is 5.02 Å². The van der Waals surface area contributed by atoms with E-state index in [-0.39, 0.29) is 5.12 Å². The topological polar surface area (TPSA) is 29.4 Å². The molecule has 2 aromatic rings. The Hall–Kier alpha value is -1.79. The van der Waals surface area contributed by atoms with Crippen molar-refractivity contribution >= 4 is 38.8 Å². The van der Waals surface area contributed by atoms with Crippen molar-refractivity contribution in [3.8, 4) is 0 Å². The van der Waals surface area contributed by atoms with Crippen molar-refractivity contribution in [3.63, 3.8) is 0 Å². The second-order valence-corrected chi connectivity index (χ2v) is 7.36. The molecule has 0 aromatic heterocycles. The van der Waals surface area contributed by atoms with Crippen molar-refractivity contribution < 1.29 is 18.0 Å². The van der Waals surface area contributed by atoms with Crippen LogP contribution in [0.1, 0.15) is 21.5 Å². The Morgan fingerprint density at radius 2 is 1.78 bits per heavy atom. The zero-order valence-corrected chi connectivity index (χ0v) is 13.3. The highest BCUT2D eigenvalue weighted by Gasteiger charge is 2.30. The van der Waals surface area contributed by atoms with Crippen LogP contribution in [0.25, 0.3) is 0 Å². The smallest absolute Gasteiger partial charge is 0.283 e. The largest absolute Gasteiger partial charge is 0.416 e. The molecule has 0 aliphatic carbocycles. The first kappa shape index (κ1) is 16.1. The van der Waals surface area contributed by atoms with E-state index >= 15 is 0 Å². The lowest BCUT2D eigenvalue weighted by atomic mass is 10.1. The van der Waals surface area contributed by atoms with E-state index in [0.717, 1.165) is 12.1 Å². The minimum atomic E-state index is -4.36. The quantitative estimate of drug-likeness (QED) is 0.719. The van der Waals surface area contributed by atoms with Gasteiger partial charge in [0.1, 0.15) is 0 Å². The molecule has 0 fully saturated rings. The molecule has 120 valence electrons. The predicted molar refractivity (Wildman–Crippen MR) is 88.1 cm³/mol. The third-order valence-electron chi connectivity index (χ3n) is 3.42. The third-order valence-corrected chi connectivity index (χ3v) is 5.52. The Morgan fingerprint density at radius 1 is 1.09 bits per heavy atom. The fourth-order valence-electron chi connectivity index (χ4n) is 2.24. The van der Waals surface area contributed by atoms with Crippen molar-refractivity contribution in [1.82, 2.24) is 0 Å². The van der Waals surface area contributed by atoms with Gasteiger partial charge in [0.15, 0.2) is 0 Å². The summed E-state index contributed by atoms with van der Waals surface area (Å²) in [5.41, 5.74) is 2.62. The zero-order valence-electron chi connectivity index (χ0n) is 11.6. The molecule has 1 unspecified atom stereocenters. The molecule has 0 amide bonds. The van der Waals surface area contributed by atoms with E-state index < -0.39 is 22.6 Å². The molecule has 23 heavy (non-hydrogen) atoms. The van der Waals surface area contributed by atoms with Gasteiger partial charge >= 0.3 is 6.18 Å². The highest BCUT2D eigenvalue weighted by Crippen LogP contribution is 2.41. The second-order valence-electron chi connectivity index (χ2n) is 5.03. The number of hydrogen-bond donors (Lipinski definition) is 1. The number of rotatable bonds is 2. The van der Waals surface area contributed by atoms with Gasteiger partial charge in [0.05, 0.1) is 16.8 Å². The van der Waals surface area contributed by atoms with Gasteiger partial charge in [-0.05, 0) is 35.9 Å². The number of hydrogen-bond acceptors (Lipinski definition) is 2. The van der Waals surface area contributed by atoms with Gasteiger partial charge in [-0.25, -0.2) is 0 Å². The summed E-state index contributed by atoms with van der Waals surface area (Å²) in [6.45, 7) is 0. The Labute approximate surface area is 138 Å². The van der Waals surface area contributed by atoms with Gasteiger partial charge in [-0.2, -0.15) is 13.2 Å². The van der Waals surface area contributed by atoms with Crippen molar-refractivity contribution in [3.05, 3.63) is 64.2 Å². The fourth-order valence-corrected chi connectivity index (χ4v) is 4.10. The summed E-state index contributed by atoms with van der Waals surface area (Å²) < 4.78 is 37.7.